The van der Waals surface area contributed by atoms with Gasteiger partial charge in [-0.25, -0.2) is 4.98 Å². The van der Waals surface area contributed by atoms with Gasteiger partial charge in [0.15, 0.2) is 5.13 Å². The van der Waals surface area contributed by atoms with Crippen molar-refractivity contribution in [2.24, 2.45) is 0 Å². The number of amides is 1. The molecule has 0 spiro atoms. The first-order valence-electron chi connectivity index (χ1n) is 8.54. The average molecular weight is 400 g/mol. The topological polar surface area (TPSA) is 60.5 Å². The molecule has 1 fully saturated rings. The number of rotatable bonds is 7. The second kappa shape index (κ2) is 8.81. The lowest BCUT2D eigenvalue weighted by Crippen LogP contribution is -2.18. The van der Waals surface area contributed by atoms with Gasteiger partial charge < -0.3 is 14.8 Å². The minimum atomic E-state index is -4.41. The molecule has 2 heterocycles. The van der Waals surface area contributed by atoms with Crippen molar-refractivity contribution in [1.82, 2.24) is 4.98 Å². The summed E-state index contributed by atoms with van der Waals surface area (Å²) in [5, 5.41) is 4.59. The van der Waals surface area contributed by atoms with Gasteiger partial charge in [-0.05, 0) is 25.0 Å². The molecule has 1 N–H and O–H groups in total. The second-order valence-electron chi connectivity index (χ2n) is 6.12. The molecule has 9 heteroatoms. The van der Waals surface area contributed by atoms with E-state index in [4.69, 9.17) is 9.47 Å². The van der Waals surface area contributed by atoms with Crippen molar-refractivity contribution in [2.75, 3.05) is 25.1 Å². The summed E-state index contributed by atoms with van der Waals surface area (Å²) in [5.41, 5.74) is -0.000482. The first-order chi connectivity index (χ1) is 12.9. The number of carbonyl (C=O) groups is 1. The fourth-order valence-electron chi connectivity index (χ4n) is 2.66. The van der Waals surface area contributed by atoms with Crippen LogP contribution in [0.3, 0.4) is 0 Å². The number of carbonyl (C=O) groups excluding carboxylic acids is 1. The highest BCUT2D eigenvalue weighted by atomic mass is 32.1. The lowest BCUT2D eigenvalue weighted by atomic mass is 10.1. The normalized spacial score (nSPS) is 17.2. The van der Waals surface area contributed by atoms with E-state index in [0.717, 1.165) is 42.9 Å². The van der Waals surface area contributed by atoms with Crippen LogP contribution in [0.4, 0.5) is 18.3 Å². The van der Waals surface area contributed by atoms with Crippen LogP contribution in [0.15, 0.2) is 29.6 Å². The molecule has 1 aliphatic rings. The van der Waals surface area contributed by atoms with E-state index in [1.54, 1.807) is 11.4 Å². The first-order valence-corrected chi connectivity index (χ1v) is 9.42. The van der Waals surface area contributed by atoms with E-state index in [0.29, 0.717) is 23.0 Å². The minimum absolute atomic E-state index is 0.113. The van der Waals surface area contributed by atoms with Gasteiger partial charge in [-0.3, -0.25) is 4.79 Å². The Hall–Kier alpha value is -1.97. The highest BCUT2D eigenvalue weighted by Gasteiger charge is 2.30. The van der Waals surface area contributed by atoms with Gasteiger partial charge in [-0.2, -0.15) is 13.2 Å². The smallest absolute Gasteiger partial charge is 0.378 e. The van der Waals surface area contributed by atoms with Gasteiger partial charge >= 0.3 is 6.18 Å². The van der Waals surface area contributed by atoms with Crippen LogP contribution in [-0.4, -0.2) is 36.8 Å². The Morgan fingerprint density at radius 1 is 1.41 bits per heavy atom. The van der Waals surface area contributed by atoms with Gasteiger partial charge in [-0.1, -0.05) is 12.1 Å². The van der Waals surface area contributed by atoms with Crippen LogP contribution < -0.4 is 5.32 Å². The van der Waals surface area contributed by atoms with E-state index in [9.17, 15) is 18.0 Å². The zero-order valence-electron chi connectivity index (χ0n) is 14.4. The van der Waals surface area contributed by atoms with Gasteiger partial charge in [0.05, 0.1) is 37.0 Å². The molecule has 0 saturated carbocycles. The molecular formula is C18H19F3N2O3S. The molecule has 2 aromatic rings. The number of halogens is 3. The molecule has 0 aliphatic carbocycles. The van der Waals surface area contributed by atoms with E-state index < -0.39 is 11.7 Å². The van der Waals surface area contributed by atoms with E-state index >= 15 is 0 Å². The second-order valence-corrected chi connectivity index (χ2v) is 6.98. The minimum Gasteiger partial charge on any atom is -0.378 e. The van der Waals surface area contributed by atoms with Crippen molar-refractivity contribution in [3.05, 3.63) is 35.2 Å². The van der Waals surface area contributed by atoms with Crippen LogP contribution in [0, 0.1) is 0 Å². The lowest BCUT2D eigenvalue weighted by molar-refractivity contribution is -0.137. The quantitative estimate of drug-likeness (QED) is 0.702. The van der Waals surface area contributed by atoms with Crippen LogP contribution in [-0.2, 0) is 20.4 Å². The van der Waals surface area contributed by atoms with Crippen molar-refractivity contribution in [2.45, 2.75) is 31.5 Å². The summed E-state index contributed by atoms with van der Waals surface area (Å²) in [6.45, 7) is 1.51. The number of nitrogens with zero attached hydrogens (tertiary/aromatic N) is 1. The molecule has 1 atom stereocenters. The number of benzene rings is 1. The third-order valence-electron chi connectivity index (χ3n) is 4.04. The predicted molar refractivity (Wildman–Crippen MR) is 95.6 cm³/mol. The van der Waals surface area contributed by atoms with Gasteiger partial charge in [0.1, 0.15) is 0 Å². The zero-order valence-corrected chi connectivity index (χ0v) is 15.2. The van der Waals surface area contributed by atoms with Gasteiger partial charge in [0.25, 0.3) is 0 Å². The molecule has 3 rings (SSSR count). The number of thiazole rings is 1. The predicted octanol–water partition coefficient (Wildman–Crippen LogP) is 4.35. The van der Waals surface area contributed by atoms with E-state index in [-0.39, 0.29) is 25.0 Å². The molecule has 146 valence electrons. The van der Waals surface area contributed by atoms with Gasteiger partial charge in [-0.15, -0.1) is 11.3 Å². The van der Waals surface area contributed by atoms with Gasteiger partial charge in [0.2, 0.25) is 5.91 Å². The summed E-state index contributed by atoms with van der Waals surface area (Å²) in [6.07, 6.45) is -2.11. The fraction of sp³-hybridized carbons (Fsp3) is 0.444. The number of anilines is 1. The summed E-state index contributed by atoms with van der Waals surface area (Å²) >= 11 is 1.16. The van der Waals surface area contributed by atoms with Gasteiger partial charge in [0, 0.05) is 17.6 Å². The van der Waals surface area contributed by atoms with Crippen LogP contribution in [0.5, 0.6) is 0 Å². The molecule has 27 heavy (non-hydrogen) atoms. The first kappa shape index (κ1) is 19.8. The Labute approximate surface area is 158 Å². The molecule has 0 bridgehead atoms. The molecule has 0 radical (unpaired) electrons. The Morgan fingerprint density at radius 3 is 3.00 bits per heavy atom. The Bertz CT molecular complexity index is 773. The highest BCUT2D eigenvalue weighted by molar-refractivity contribution is 7.14. The average Bonchev–Trinajstić information content (AvgIpc) is 3.30. The summed E-state index contributed by atoms with van der Waals surface area (Å²) in [4.78, 5) is 16.1. The van der Waals surface area contributed by atoms with Crippen molar-refractivity contribution >= 4 is 22.4 Å². The van der Waals surface area contributed by atoms with Crippen LogP contribution in [0.25, 0.3) is 11.3 Å². The summed E-state index contributed by atoms with van der Waals surface area (Å²) in [6, 6.07) is 4.94. The largest absolute Gasteiger partial charge is 0.416 e. The molecule has 5 nitrogen and oxygen atoms in total. The standard InChI is InChI=1S/C18H19F3N2O3S/c19-18(20,21)13-4-1-3-12(9-13)15-11-27-17(22-15)23-16(24)6-8-25-10-14-5-2-7-26-14/h1,3-4,9,11,14H,2,5-8,10H2,(H,22,23,24). The molecule has 1 unspecified atom stereocenters. The molecule has 1 saturated heterocycles. The van der Waals surface area contributed by atoms with Crippen molar-refractivity contribution < 1.29 is 27.4 Å². The molecule has 1 aromatic heterocycles. The SMILES string of the molecule is O=C(CCOCC1CCCO1)Nc1nc(-c2cccc(C(F)(F)F)c2)cs1. The monoisotopic (exact) mass is 400 g/mol. The maximum absolute atomic E-state index is 12.8. The Kier molecular flexibility index (Phi) is 6.46. The Balaban J connectivity index is 1.49. The number of aromatic nitrogens is 1. The van der Waals surface area contributed by atoms with E-state index in [1.165, 1.54) is 6.07 Å². The molecule has 1 aromatic carbocycles. The third-order valence-corrected chi connectivity index (χ3v) is 4.80. The lowest BCUT2D eigenvalue weighted by Gasteiger charge is -2.09. The summed E-state index contributed by atoms with van der Waals surface area (Å²) in [7, 11) is 0. The third kappa shape index (κ3) is 5.75. The summed E-state index contributed by atoms with van der Waals surface area (Å²) < 4.78 is 49.3. The molecular weight excluding hydrogens is 381 g/mol. The molecule has 1 aliphatic heterocycles. The maximum atomic E-state index is 12.8. The number of alkyl halides is 3. The maximum Gasteiger partial charge on any atom is 0.416 e. The van der Waals surface area contributed by atoms with Crippen LogP contribution in [0.2, 0.25) is 0 Å². The van der Waals surface area contributed by atoms with Crippen molar-refractivity contribution in [3.63, 3.8) is 0 Å². The summed E-state index contributed by atoms with van der Waals surface area (Å²) in [5.74, 6) is -0.257. The number of ether oxygens (including phenoxy) is 2. The van der Waals surface area contributed by atoms with E-state index in [1.807, 2.05) is 0 Å². The van der Waals surface area contributed by atoms with Crippen LogP contribution >= 0.6 is 11.3 Å². The van der Waals surface area contributed by atoms with Crippen LogP contribution in [0.1, 0.15) is 24.8 Å². The number of hydrogen-bond donors (Lipinski definition) is 1. The number of hydrogen-bond acceptors (Lipinski definition) is 5. The van der Waals surface area contributed by atoms with E-state index in [2.05, 4.69) is 10.3 Å². The van der Waals surface area contributed by atoms with Crippen molar-refractivity contribution in [3.8, 4) is 11.3 Å². The Morgan fingerprint density at radius 2 is 2.26 bits per heavy atom. The van der Waals surface area contributed by atoms with Crippen molar-refractivity contribution in [1.29, 1.82) is 0 Å². The number of nitrogens with one attached hydrogen (secondary N) is 1. The zero-order chi connectivity index (χ0) is 19.3. The molecule has 1 amide bonds. The fourth-order valence-corrected chi connectivity index (χ4v) is 3.39. The highest BCUT2D eigenvalue weighted by Crippen LogP contribution is 2.33.